The molecule has 1 N–H and O–H groups in total. The minimum atomic E-state index is 0.936. The van der Waals surface area contributed by atoms with Gasteiger partial charge in [-0.05, 0) is 39.0 Å². The first-order valence-corrected chi connectivity index (χ1v) is 5.57. The van der Waals surface area contributed by atoms with Crippen LogP contribution >= 0.6 is 0 Å². The molecular formula is C14H16N2O. The van der Waals surface area contributed by atoms with Gasteiger partial charge in [-0.3, -0.25) is 0 Å². The maximum absolute atomic E-state index is 8.61. The molecule has 1 aromatic heterocycles. The van der Waals surface area contributed by atoms with Gasteiger partial charge in [-0.1, -0.05) is 22.9 Å². The fraction of sp³-hybridized carbons (Fsp3) is 0.214. The Bertz CT molecular complexity index is 550. The van der Waals surface area contributed by atoms with E-state index in [4.69, 9.17) is 5.21 Å². The van der Waals surface area contributed by atoms with Crippen LogP contribution in [0, 0.1) is 20.8 Å². The van der Waals surface area contributed by atoms with Crippen molar-refractivity contribution in [1.82, 2.24) is 4.57 Å². The molecule has 0 saturated carbocycles. The second-order valence-electron chi connectivity index (χ2n) is 4.24. The monoisotopic (exact) mass is 228 g/mol. The van der Waals surface area contributed by atoms with Crippen molar-refractivity contribution >= 4 is 6.21 Å². The average Bonchev–Trinajstić information content (AvgIpc) is 2.57. The molecule has 0 aliphatic rings. The van der Waals surface area contributed by atoms with Crippen LogP contribution in [0.15, 0.2) is 35.5 Å². The summed E-state index contributed by atoms with van der Waals surface area (Å²) in [6.45, 7) is 6.13. The predicted molar refractivity (Wildman–Crippen MR) is 69.4 cm³/mol. The Labute approximate surface area is 101 Å². The highest BCUT2D eigenvalue weighted by Crippen LogP contribution is 2.19. The van der Waals surface area contributed by atoms with Gasteiger partial charge >= 0.3 is 0 Å². The molecule has 0 aliphatic heterocycles. The smallest absolute Gasteiger partial charge is 0.0752 e. The lowest BCUT2D eigenvalue weighted by Crippen LogP contribution is -1.99. The van der Waals surface area contributed by atoms with E-state index in [0.717, 1.165) is 22.6 Å². The van der Waals surface area contributed by atoms with Gasteiger partial charge < -0.3 is 9.77 Å². The summed E-state index contributed by atoms with van der Waals surface area (Å²) >= 11 is 0. The van der Waals surface area contributed by atoms with Gasteiger partial charge in [0.1, 0.15) is 0 Å². The number of hydrogen-bond donors (Lipinski definition) is 1. The normalized spacial score (nSPS) is 11.2. The van der Waals surface area contributed by atoms with Gasteiger partial charge in [-0.25, -0.2) is 0 Å². The molecule has 0 saturated heterocycles. The van der Waals surface area contributed by atoms with Crippen LogP contribution in [-0.2, 0) is 0 Å². The number of nitrogens with zero attached hydrogens (tertiary/aromatic N) is 2. The Morgan fingerprint density at radius 2 is 1.76 bits per heavy atom. The zero-order valence-corrected chi connectivity index (χ0v) is 10.3. The number of aryl methyl sites for hydroxylation is 2. The lowest BCUT2D eigenvalue weighted by molar-refractivity contribution is 0.322. The van der Waals surface area contributed by atoms with E-state index < -0.39 is 0 Å². The molecule has 0 atom stereocenters. The quantitative estimate of drug-likeness (QED) is 0.478. The van der Waals surface area contributed by atoms with E-state index >= 15 is 0 Å². The zero-order valence-electron chi connectivity index (χ0n) is 10.3. The molecule has 2 aromatic rings. The number of hydrogen-bond acceptors (Lipinski definition) is 2. The van der Waals surface area contributed by atoms with Gasteiger partial charge in [-0.15, -0.1) is 0 Å². The lowest BCUT2D eigenvalue weighted by atomic mass is 10.2. The molecule has 0 aliphatic carbocycles. The summed E-state index contributed by atoms with van der Waals surface area (Å²) in [5.41, 5.74) is 5.51. The Hall–Kier alpha value is -2.03. The van der Waals surface area contributed by atoms with Crippen LogP contribution in [0.25, 0.3) is 5.69 Å². The first-order valence-electron chi connectivity index (χ1n) is 5.57. The highest BCUT2D eigenvalue weighted by molar-refractivity contribution is 5.81. The summed E-state index contributed by atoms with van der Waals surface area (Å²) in [7, 11) is 0. The number of oxime groups is 1. The Kier molecular flexibility index (Phi) is 3.00. The first-order chi connectivity index (χ1) is 8.13. The molecule has 3 nitrogen and oxygen atoms in total. The average molecular weight is 228 g/mol. The SMILES string of the molecule is Cc1ccc(-n2c(C)cc(C=NO)c2C)cc1. The molecule has 1 heterocycles. The fourth-order valence-electron chi connectivity index (χ4n) is 2.07. The van der Waals surface area contributed by atoms with Crippen LogP contribution in [0.3, 0.4) is 0 Å². The molecule has 0 radical (unpaired) electrons. The molecule has 1 aromatic carbocycles. The van der Waals surface area contributed by atoms with Crippen molar-refractivity contribution in [2.24, 2.45) is 5.16 Å². The Morgan fingerprint density at radius 3 is 2.35 bits per heavy atom. The number of benzene rings is 1. The molecular weight excluding hydrogens is 212 g/mol. The molecule has 88 valence electrons. The van der Waals surface area contributed by atoms with Gasteiger partial charge in [0.2, 0.25) is 0 Å². The van der Waals surface area contributed by atoms with E-state index in [2.05, 4.69) is 40.9 Å². The van der Waals surface area contributed by atoms with Crippen molar-refractivity contribution in [2.45, 2.75) is 20.8 Å². The summed E-state index contributed by atoms with van der Waals surface area (Å²) in [5.74, 6) is 0. The topological polar surface area (TPSA) is 37.5 Å². The number of rotatable bonds is 2. The Morgan fingerprint density at radius 1 is 1.12 bits per heavy atom. The molecule has 0 spiro atoms. The third-order valence-electron chi connectivity index (χ3n) is 2.96. The van der Waals surface area contributed by atoms with Crippen LogP contribution < -0.4 is 0 Å². The van der Waals surface area contributed by atoms with Crippen molar-refractivity contribution in [3.63, 3.8) is 0 Å². The van der Waals surface area contributed by atoms with E-state index in [1.807, 2.05) is 19.9 Å². The van der Waals surface area contributed by atoms with Crippen LogP contribution in [0.2, 0.25) is 0 Å². The summed E-state index contributed by atoms with van der Waals surface area (Å²) in [4.78, 5) is 0. The molecule has 0 unspecified atom stereocenters. The first kappa shape index (κ1) is 11.5. The van der Waals surface area contributed by atoms with Crippen molar-refractivity contribution in [3.8, 4) is 5.69 Å². The lowest BCUT2D eigenvalue weighted by Gasteiger charge is -2.09. The largest absolute Gasteiger partial charge is 0.411 e. The molecule has 17 heavy (non-hydrogen) atoms. The van der Waals surface area contributed by atoms with E-state index in [1.165, 1.54) is 11.8 Å². The predicted octanol–water partition coefficient (Wildman–Crippen LogP) is 3.21. The maximum atomic E-state index is 8.61. The van der Waals surface area contributed by atoms with Gasteiger partial charge in [0.15, 0.2) is 0 Å². The van der Waals surface area contributed by atoms with Crippen molar-refractivity contribution < 1.29 is 5.21 Å². The fourth-order valence-corrected chi connectivity index (χ4v) is 2.07. The van der Waals surface area contributed by atoms with Crippen LogP contribution in [0.5, 0.6) is 0 Å². The summed E-state index contributed by atoms with van der Waals surface area (Å²) in [6, 6.07) is 10.4. The minimum Gasteiger partial charge on any atom is -0.411 e. The van der Waals surface area contributed by atoms with Crippen LogP contribution in [0.1, 0.15) is 22.5 Å². The third-order valence-corrected chi connectivity index (χ3v) is 2.96. The van der Waals surface area contributed by atoms with Crippen molar-refractivity contribution in [3.05, 3.63) is 52.8 Å². The standard InChI is InChI=1S/C14H16N2O/c1-10-4-6-14(7-5-10)16-11(2)8-13(9-15-17)12(16)3/h4-9,17H,1-3H3. The zero-order chi connectivity index (χ0) is 12.4. The molecule has 0 fully saturated rings. The minimum absolute atomic E-state index is 0.936. The second kappa shape index (κ2) is 4.45. The van der Waals surface area contributed by atoms with Gasteiger partial charge in [-0.2, -0.15) is 0 Å². The van der Waals surface area contributed by atoms with E-state index in [9.17, 15) is 0 Å². The third kappa shape index (κ3) is 2.09. The summed E-state index contributed by atoms with van der Waals surface area (Å²) in [6.07, 6.45) is 1.47. The van der Waals surface area contributed by atoms with Crippen LogP contribution in [-0.4, -0.2) is 16.0 Å². The maximum Gasteiger partial charge on any atom is 0.0752 e. The molecule has 0 bridgehead atoms. The highest BCUT2D eigenvalue weighted by atomic mass is 16.4. The second-order valence-corrected chi connectivity index (χ2v) is 4.24. The molecule has 2 rings (SSSR count). The number of aromatic nitrogens is 1. The van der Waals surface area contributed by atoms with Crippen LogP contribution in [0.4, 0.5) is 0 Å². The Balaban J connectivity index is 2.55. The van der Waals surface area contributed by atoms with Crippen molar-refractivity contribution in [1.29, 1.82) is 0 Å². The van der Waals surface area contributed by atoms with Gasteiger partial charge in [0.25, 0.3) is 0 Å². The van der Waals surface area contributed by atoms with Gasteiger partial charge in [0.05, 0.1) is 6.21 Å². The van der Waals surface area contributed by atoms with Gasteiger partial charge in [0, 0.05) is 22.6 Å². The van der Waals surface area contributed by atoms with Crippen molar-refractivity contribution in [2.75, 3.05) is 0 Å². The van der Waals surface area contributed by atoms with E-state index in [-0.39, 0.29) is 0 Å². The molecule has 0 amide bonds. The highest BCUT2D eigenvalue weighted by Gasteiger charge is 2.08. The molecule has 3 heteroatoms. The van der Waals surface area contributed by atoms with E-state index in [0.29, 0.717) is 0 Å². The summed E-state index contributed by atoms with van der Waals surface area (Å²) in [5, 5.41) is 11.7. The summed E-state index contributed by atoms with van der Waals surface area (Å²) < 4.78 is 2.15. The van der Waals surface area contributed by atoms with E-state index in [1.54, 1.807) is 0 Å².